The number of methoxy groups -OCH3 is 2. The molecule has 1 saturated heterocycles. The minimum Gasteiger partial charge on any atom is -0.493 e. The van der Waals surface area contributed by atoms with Crippen LogP contribution in [0.5, 0.6) is 11.5 Å². The first kappa shape index (κ1) is 15.7. The van der Waals surface area contributed by atoms with E-state index in [0.717, 1.165) is 19.4 Å². The van der Waals surface area contributed by atoms with E-state index in [-0.39, 0.29) is 12.1 Å². The molecule has 2 heterocycles. The first-order valence-electron chi connectivity index (χ1n) is 7.56. The van der Waals surface area contributed by atoms with E-state index in [4.69, 9.17) is 9.47 Å². The number of ether oxygens (including phenoxy) is 2. The van der Waals surface area contributed by atoms with Gasteiger partial charge < -0.3 is 19.7 Å². The number of carbonyl (C=O) groups is 1. The highest BCUT2D eigenvalue weighted by Gasteiger charge is 2.30. The topological polar surface area (TPSA) is 50.8 Å². The van der Waals surface area contributed by atoms with Gasteiger partial charge in [-0.25, -0.2) is 4.79 Å². The fourth-order valence-electron chi connectivity index (χ4n) is 2.90. The summed E-state index contributed by atoms with van der Waals surface area (Å²) >= 11 is 1.70. The summed E-state index contributed by atoms with van der Waals surface area (Å²) < 4.78 is 10.5. The molecule has 3 rings (SSSR count). The third kappa shape index (κ3) is 3.27. The zero-order valence-electron chi connectivity index (χ0n) is 13.2. The molecule has 1 atom stereocenters. The number of thiophene rings is 1. The predicted molar refractivity (Wildman–Crippen MR) is 91.6 cm³/mol. The summed E-state index contributed by atoms with van der Waals surface area (Å²) in [6.07, 6.45) is 2.04. The molecule has 1 aromatic carbocycles. The number of nitrogens with zero attached hydrogens (tertiary/aromatic N) is 1. The van der Waals surface area contributed by atoms with Gasteiger partial charge in [-0.3, -0.25) is 0 Å². The van der Waals surface area contributed by atoms with Gasteiger partial charge in [-0.1, -0.05) is 6.07 Å². The van der Waals surface area contributed by atoms with Crippen LogP contribution in [0.3, 0.4) is 0 Å². The minimum absolute atomic E-state index is 0.0758. The van der Waals surface area contributed by atoms with Crippen molar-refractivity contribution in [3.8, 4) is 11.5 Å². The van der Waals surface area contributed by atoms with Gasteiger partial charge in [0.25, 0.3) is 0 Å². The van der Waals surface area contributed by atoms with Crippen molar-refractivity contribution in [1.29, 1.82) is 0 Å². The summed E-state index contributed by atoms with van der Waals surface area (Å²) in [6, 6.07) is 9.60. The van der Waals surface area contributed by atoms with E-state index in [1.807, 2.05) is 17.0 Å². The van der Waals surface area contributed by atoms with Crippen LogP contribution < -0.4 is 14.8 Å². The average Bonchev–Trinajstić information content (AvgIpc) is 3.25. The lowest BCUT2D eigenvalue weighted by molar-refractivity contribution is 0.208. The first-order valence-corrected chi connectivity index (χ1v) is 8.44. The van der Waals surface area contributed by atoms with Gasteiger partial charge in [0.05, 0.1) is 20.3 Å². The summed E-state index contributed by atoms with van der Waals surface area (Å²) in [7, 11) is 3.17. The molecule has 1 N–H and O–H groups in total. The molecule has 0 unspecified atom stereocenters. The van der Waals surface area contributed by atoms with E-state index in [1.165, 1.54) is 4.88 Å². The number of nitrogens with one attached hydrogen (secondary N) is 1. The molecule has 0 spiro atoms. The van der Waals surface area contributed by atoms with Crippen LogP contribution in [0.1, 0.15) is 23.8 Å². The van der Waals surface area contributed by atoms with Crippen molar-refractivity contribution in [3.63, 3.8) is 0 Å². The van der Waals surface area contributed by atoms with Crippen LogP contribution in [0, 0.1) is 0 Å². The van der Waals surface area contributed by atoms with Crippen molar-refractivity contribution in [3.05, 3.63) is 40.6 Å². The van der Waals surface area contributed by atoms with Gasteiger partial charge >= 0.3 is 6.03 Å². The van der Waals surface area contributed by atoms with Crippen LogP contribution in [0.2, 0.25) is 0 Å². The summed E-state index contributed by atoms with van der Waals surface area (Å²) in [5.41, 5.74) is 0.699. The van der Waals surface area contributed by atoms with Crippen LogP contribution in [-0.2, 0) is 0 Å². The highest BCUT2D eigenvalue weighted by atomic mass is 32.1. The number of carbonyl (C=O) groups excluding carboxylic acids is 1. The van der Waals surface area contributed by atoms with Crippen molar-refractivity contribution in [2.45, 2.75) is 18.9 Å². The zero-order valence-corrected chi connectivity index (χ0v) is 14.1. The Morgan fingerprint density at radius 1 is 1.26 bits per heavy atom. The SMILES string of the molecule is COc1ccc(NC(=O)N2CCC[C@H]2c2cccs2)cc1OC. The van der Waals surface area contributed by atoms with Crippen LogP contribution in [0.25, 0.3) is 0 Å². The Hall–Kier alpha value is -2.21. The number of benzene rings is 1. The number of anilines is 1. The first-order chi connectivity index (χ1) is 11.2. The normalized spacial score (nSPS) is 17.1. The Morgan fingerprint density at radius 3 is 2.78 bits per heavy atom. The van der Waals surface area contributed by atoms with E-state index in [2.05, 4.69) is 16.8 Å². The van der Waals surface area contributed by atoms with Crippen LogP contribution in [0.4, 0.5) is 10.5 Å². The summed E-state index contributed by atoms with van der Waals surface area (Å²) in [4.78, 5) is 15.8. The highest BCUT2D eigenvalue weighted by Crippen LogP contribution is 2.35. The van der Waals surface area contributed by atoms with Gasteiger partial charge in [0.1, 0.15) is 0 Å². The standard InChI is InChI=1S/C17H20N2O3S/c1-21-14-8-7-12(11-15(14)22-2)18-17(20)19-9-3-5-13(19)16-6-4-10-23-16/h4,6-8,10-11,13H,3,5,9H2,1-2H3,(H,18,20)/t13-/m0/s1. The number of amides is 2. The molecule has 5 nitrogen and oxygen atoms in total. The van der Waals surface area contributed by atoms with E-state index in [0.29, 0.717) is 17.2 Å². The molecule has 1 aromatic heterocycles. The molecule has 0 bridgehead atoms. The van der Waals surface area contributed by atoms with E-state index < -0.39 is 0 Å². The van der Waals surface area contributed by atoms with Crippen molar-refractivity contribution in [2.75, 3.05) is 26.1 Å². The van der Waals surface area contributed by atoms with Gasteiger partial charge in [0.15, 0.2) is 11.5 Å². The molecule has 1 aliphatic heterocycles. The maximum Gasteiger partial charge on any atom is 0.322 e. The van der Waals surface area contributed by atoms with E-state index >= 15 is 0 Å². The van der Waals surface area contributed by atoms with Crippen LogP contribution >= 0.6 is 11.3 Å². The van der Waals surface area contributed by atoms with Crippen molar-refractivity contribution >= 4 is 23.1 Å². The van der Waals surface area contributed by atoms with Crippen molar-refractivity contribution in [1.82, 2.24) is 4.90 Å². The molecule has 122 valence electrons. The third-order valence-electron chi connectivity index (χ3n) is 4.02. The Labute approximate surface area is 139 Å². The molecule has 23 heavy (non-hydrogen) atoms. The minimum atomic E-state index is -0.0758. The molecule has 1 fully saturated rings. The second kappa shape index (κ2) is 6.91. The maximum atomic E-state index is 12.6. The molecule has 0 saturated carbocycles. The largest absolute Gasteiger partial charge is 0.493 e. The van der Waals surface area contributed by atoms with E-state index in [1.54, 1.807) is 37.7 Å². The van der Waals surface area contributed by atoms with Gasteiger partial charge in [-0.15, -0.1) is 11.3 Å². The quantitative estimate of drug-likeness (QED) is 0.916. The molecule has 0 aliphatic carbocycles. The zero-order chi connectivity index (χ0) is 16.2. The number of likely N-dealkylation sites (tertiary alicyclic amines) is 1. The highest BCUT2D eigenvalue weighted by molar-refractivity contribution is 7.10. The van der Waals surface area contributed by atoms with Crippen molar-refractivity contribution < 1.29 is 14.3 Å². The van der Waals surface area contributed by atoms with Crippen LogP contribution in [0.15, 0.2) is 35.7 Å². The molecular formula is C17H20N2O3S. The van der Waals surface area contributed by atoms with Crippen molar-refractivity contribution in [2.24, 2.45) is 0 Å². The Kier molecular flexibility index (Phi) is 4.71. The van der Waals surface area contributed by atoms with Crippen LogP contribution in [-0.4, -0.2) is 31.7 Å². The second-order valence-electron chi connectivity index (χ2n) is 5.37. The monoisotopic (exact) mass is 332 g/mol. The average molecular weight is 332 g/mol. The number of rotatable bonds is 4. The molecular weight excluding hydrogens is 312 g/mol. The lowest BCUT2D eigenvalue weighted by Gasteiger charge is -2.24. The molecule has 2 amide bonds. The third-order valence-corrected chi connectivity index (χ3v) is 4.99. The predicted octanol–water partition coefficient (Wildman–Crippen LogP) is 4.13. The van der Waals surface area contributed by atoms with Gasteiger partial charge in [-0.2, -0.15) is 0 Å². The Bertz CT molecular complexity index is 672. The smallest absolute Gasteiger partial charge is 0.322 e. The van der Waals surface area contributed by atoms with Gasteiger partial charge in [-0.05, 0) is 36.4 Å². The number of hydrogen-bond donors (Lipinski definition) is 1. The van der Waals surface area contributed by atoms with E-state index in [9.17, 15) is 4.79 Å². The molecule has 2 aromatic rings. The van der Waals surface area contributed by atoms with Gasteiger partial charge in [0, 0.05) is 23.2 Å². The molecule has 1 aliphatic rings. The molecule has 6 heteroatoms. The lowest BCUT2D eigenvalue weighted by atomic mass is 10.2. The van der Waals surface area contributed by atoms with Gasteiger partial charge in [0.2, 0.25) is 0 Å². The molecule has 0 radical (unpaired) electrons. The fourth-order valence-corrected chi connectivity index (χ4v) is 3.77. The second-order valence-corrected chi connectivity index (χ2v) is 6.35. The Balaban J connectivity index is 1.74. The Morgan fingerprint density at radius 2 is 2.09 bits per heavy atom. The summed E-state index contributed by atoms with van der Waals surface area (Å²) in [5.74, 6) is 1.24. The number of hydrogen-bond acceptors (Lipinski definition) is 4. The fraction of sp³-hybridized carbons (Fsp3) is 0.353. The lowest BCUT2D eigenvalue weighted by Crippen LogP contribution is -2.34. The number of urea groups is 1. The maximum absolute atomic E-state index is 12.6. The summed E-state index contributed by atoms with van der Waals surface area (Å²) in [6.45, 7) is 0.779. The summed E-state index contributed by atoms with van der Waals surface area (Å²) in [5, 5.41) is 5.01.